The van der Waals surface area contributed by atoms with Crippen LogP contribution >= 0.6 is 15.9 Å². The van der Waals surface area contributed by atoms with E-state index in [4.69, 9.17) is 0 Å². The predicted octanol–water partition coefficient (Wildman–Crippen LogP) is 3.27. The highest BCUT2D eigenvalue weighted by atomic mass is 79.9. The SMILES string of the molecule is FC1(F)CCC(c2nccc(CBr)n2)C1. The van der Waals surface area contributed by atoms with Gasteiger partial charge in [-0.1, -0.05) is 15.9 Å². The molecule has 0 saturated heterocycles. The lowest BCUT2D eigenvalue weighted by Crippen LogP contribution is -2.10. The molecule has 1 heterocycles. The average molecular weight is 277 g/mol. The molecule has 0 N–H and O–H groups in total. The van der Waals surface area contributed by atoms with Gasteiger partial charge in [-0.3, -0.25) is 0 Å². The summed E-state index contributed by atoms with van der Waals surface area (Å²) in [6.07, 6.45) is 1.96. The van der Waals surface area contributed by atoms with Gasteiger partial charge in [0.25, 0.3) is 0 Å². The third-order valence-corrected chi connectivity index (χ3v) is 3.21. The van der Waals surface area contributed by atoms with Gasteiger partial charge in [0.05, 0.1) is 5.69 Å². The molecule has 15 heavy (non-hydrogen) atoms. The van der Waals surface area contributed by atoms with Gasteiger partial charge in [-0.15, -0.1) is 0 Å². The topological polar surface area (TPSA) is 25.8 Å². The van der Waals surface area contributed by atoms with Crippen LogP contribution in [0.25, 0.3) is 0 Å². The summed E-state index contributed by atoms with van der Waals surface area (Å²) in [5.41, 5.74) is 0.843. The summed E-state index contributed by atoms with van der Waals surface area (Å²) in [4.78, 5) is 8.32. The van der Waals surface area contributed by atoms with Gasteiger partial charge in [0.15, 0.2) is 0 Å². The fourth-order valence-corrected chi connectivity index (χ4v) is 2.17. The molecule has 1 aliphatic carbocycles. The maximum absolute atomic E-state index is 13.0. The molecule has 2 nitrogen and oxygen atoms in total. The van der Waals surface area contributed by atoms with Gasteiger partial charge in [-0.25, -0.2) is 18.7 Å². The van der Waals surface area contributed by atoms with Crippen molar-refractivity contribution >= 4 is 15.9 Å². The van der Waals surface area contributed by atoms with Crippen molar-refractivity contribution < 1.29 is 8.78 Å². The van der Waals surface area contributed by atoms with Gasteiger partial charge in [0.2, 0.25) is 5.92 Å². The molecule has 1 saturated carbocycles. The molecule has 0 amide bonds. The minimum atomic E-state index is -2.53. The monoisotopic (exact) mass is 276 g/mol. The molecule has 0 spiro atoms. The van der Waals surface area contributed by atoms with E-state index >= 15 is 0 Å². The molecule has 1 aliphatic rings. The van der Waals surface area contributed by atoms with Crippen molar-refractivity contribution in [2.24, 2.45) is 0 Å². The summed E-state index contributed by atoms with van der Waals surface area (Å²) in [6, 6.07) is 1.78. The highest BCUT2D eigenvalue weighted by Crippen LogP contribution is 2.42. The molecule has 0 bridgehead atoms. The standard InChI is InChI=1S/C10H11BrF2N2/c11-6-8-2-4-14-9(15-8)7-1-3-10(12,13)5-7/h2,4,7H,1,3,5-6H2. The first-order valence-corrected chi connectivity index (χ1v) is 5.98. The van der Waals surface area contributed by atoms with Gasteiger partial charge in [-0.05, 0) is 12.5 Å². The van der Waals surface area contributed by atoms with Crippen molar-refractivity contribution in [1.29, 1.82) is 0 Å². The minimum Gasteiger partial charge on any atom is -0.241 e. The third-order valence-electron chi connectivity index (χ3n) is 2.64. The number of alkyl halides is 3. The molecule has 1 fully saturated rings. The molecule has 2 rings (SSSR count). The Hall–Kier alpha value is -0.580. The lowest BCUT2D eigenvalue weighted by Gasteiger charge is -2.09. The zero-order valence-corrected chi connectivity index (χ0v) is 9.67. The molecular weight excluding hydrogens is 266 g/mol. The number of halogens is 3. The summed E-state index contributed by atoms with van der Waals surface area (Å²) in [7, 11) is 0. The Morgan fingerprint density at radius 3 is 2.93 bits per heavy atom. The van der Waals surface area contributed by atoms with Crippen molar-refractivity contribution in [1.82, 2.24) is 9.97 Å². The van der Waals surface area contributed by atoms with E-state index in [1.54, 1.807) is 12.3 Å². The zero-order valence-electron chi connectivity index (χ0n) is 8.09. The highest BCUT2D eigenvalue weighted by Gasteiger charge is 2.41. The second kappa shape index (κ2) is 4.12. The molecule has 82 valence electrons. The van der Waals surface area contributed by atoms with Gasteiger partial charge < -0.3 is 0 Å². The Balaban J connectivity index is 2.16. The van der Waals surface area contributed by atoms with Gasteiger partial charge in [0.1, 0.15) is 5.82 Å². The van der Waals surface area contributed by atoms with Crippen molar-refractivity contribution in [3.63, 3.8) is 0 Å². The molecular formula is C10H11BrF2N2. The fourth-order valence-electron chi connectivity index (χ4n) is 1.85. The maximum Gasteiger partial charge on any atom is 0.248 e. The van der Waals surface area contributed by atoms with E-state index in [2.05, 4.69) is 25.9 Å². The van der Waals surface area contributed by atoms with Crippen molar-refractivity contribution in [2.45, 2.75) is 36.4 Å². The van der Waals surface area contributed by atoms with Crippen LogP contribution in [-0.4, -0.2) is 15.9 Å². The molecule has 1 aromatic rings. The van der Waals surface area contributed by atoms with E-state index in [9.17, 15) is 8.78 Å². The summed E-state index contributed by atoms with van der Waals surface area (Å²) in [5.74, 6) is -2.15. The second-order valence-electron chi connectivity index (χ2n) is 3.84. The molecule has 1 unspecified atom stereocenters. The maximum atomic E-state index is 13.0. The first kappa shape index (κ1) is 10.9. The molecule has 1 aromatic heterocycles. The Kier molecular flexibility index (Phi) is 3.00. The normalized spacial score (nSPS) is 24.3. The van der Waals surface area contributed by atoms with Crippen LogP contribution in [-0.2, 0) is 5.33 Å². The molecule has 0 radical (unpaired) electrons. The fraction of sp³-hybridized carbons (Fsp3) is 0.600. The number of hydrogen-bond acceptors (Lipinski definition) is 2. The van der Waals surface area contributed by atoms with Gasteiger partial charge in [-0.2, -0.15) is 0 Å². The van der Waals surface area contributed by atoms with E-state index in [-0.39, 0.29) is 18.8 Å². The van der Waals surface area contributed by atoms with E-state index < -0.39 is 5.92 Å². The number of rotatable bonds is 2. The number of aromatic nitrogens is 2. The smallest absolute Gasteiger partial charge is 0.241 e. The summed E-state index contributed by atoms with van der Waals surface area (Å²) < 4.78 is 26.0. The molecule has 1 atom stereocenters. The van der Waals surface area contributed by atoms with Gasteiger partial charge >= 0.3 is 0 Å². The molecule has 5 heteroatoms. The van der Waals surface area contributed by atoms with Crippen LogP contribution in [0.4, 0.5) is 8.78 Å². The Morgan fingerprint density at radius 1 is 1.53 bits per heavy atom. The van der Waals surface area contributed by atoms with Crippen LogP contribution in [0.3, 0.4) is 0 Å². The Morgan fingerprint density at radius 2 is 2.33 bits per heavy atom. The van der Waals surface area contributed by atoms with Crippen molar-refractivity contribution in [3.8, 4) is 0 Å². The van der Waals surface area contributed by atoms with Crippen molar-refractivity contribution in [3.05, 3.63) is 23.8 Å². The van der Waals surface area contributed by atoms with E-state index in [1.165, 1.54) is 0 Å². The van der Waals surface area contributed by atoms with E-state index in [0.717, 1.165) is 5.69 Å². The minimum absolute atomic E-state index is 0.0421. The first-order valence-electron chi connectivity index (χ1n) is 4.86. The number of nitrogens with zero attached hydrogens (tertiary/aromatic N) is 2. The summed E-state index contributed by atoms with van der Waals surface area (Å²) >= 11 is 3.28. The van der Waals surface area contributed by atoms with Gasteiger partial charge in [0, 0.05) is 30.3 Å². The summed E-state index contributed by atoms with van der Waals surface area (Å²) in [5, 5.41) is 0.631. The lowest BCUT2D eigenvalue weighted by atomic mass is 10.1. The largest absolute Gasteiger partial charge is 0.248 e. The molecule has 0 aromatic carbocycles. The third kappa shape index (κ3) is 2.51. The lowest BCUT2D eigenvalue weighted by molar-refractivity contribution is 0.00753. The van der Waals surface area contributed by atoms with E-state index in [1.807, 2.05) is 0 Å². The van der Waals surface area contributed by atoms with Crippen LogP contribution in [0.2, 0.25) is 0 Å². The van der Waals surface area contributed by atoms with Crippen LogP contribution in [0.15, 0.2) is 12.3 Å². The molecule has 0 aliphatic heterocycles. The summed E-state index contributed by atoms with van der Waals surface area (Å²) in [6.45, 7) is 0. The average Bonchev–Trinajstić information content (AvgIpc) is 2.59. The van der Waals surface area contributed by atoms with E-state index in [0.29, 0.717) is 17.6 Å². The highest BCUT2D eigenvalue weighted by molar-refractivity contribution is 9.08. The number of hydrogen-bond donors (Lipinski definition) is 0. The first-order chi connectivity index (χ1) is 7.11. The zero-order chi connectivity index (χ0) is 10.9. The van der Waals surface area contributed by atoms with Crippen LogP contribution < -0.4 is 0 Å². The predicted molar refractivity (Wildman–Crippen MR) is 56.2 cm³/mol. The quantitative estimate of drug-likeness (QED) is 0.775. The van der Waals surface area contributed by atoms with Crippen LogP contribution in [0.5, 0.6) is 0 Å². The van der Waals surface area contributed by atoms with Crippen LogP contribution in [0, 0.1) is 0 Å². The second-order valence-corrected chi connectivity index (χ2v) is 4.40. The Bertz CT molecular complexity index is 357. The van der Waals surface area contributed by atoms with Crippen molar-refractivity contribution in [2.75, 3.05) is 0 Å². The Labute approximate surface area is 95.3 Å². The van der Waals surface area contributed by atoms with Crippen LogP contribution in [0.1, 0.15) is 36.7 Å².